The van der Waals surface area contributed by atoms with Crippen molar-refractivity contribution < 1.29 is 5.11 Å². The third-order valence-electron chi connectivity index (χ3n) is 4.50. The van der Waals surface area contributed by atoms with E-state index in [0.717, 1.165) is 26.8 Å². The second kappa shape index (κ2) is 5.74. The van der Waals surface area contributed by atoms with Crippen LogP contribution in [-0.4, -0.2) is 27.0 Å². The average molecular weight is 397 g/mol. The molecule has 126 valence electrons. The lowest BCUT2D eigenvalue weighted by Crippen LogP contribution is -2.26. The number of anilines is 1. The van der Waals surface area contributed by atoms with Crippen LogP contribution in [0.3, 0.4) is 0 Å². The normalized spacial score (nSPS) is 14.8. The summed E-state index contributed by atoms with van der Waals surface area (Å²) in [5, 5.41) is 19.1. The first-order valence-corrected chi connectivity index (χ1v) is 8.72. The van der Waals surface area contributed by atoms with Crippen molar-refractivity contribution in [2.75, 3.05) is 11.4 Å². The van der Waals surface area contributed by atoms with Crippen LogP contribution in [0, 0.1) is 12.3 Å². The summed E-state index contributed by atoms with van der Waals surface area (Å²) in [5.41, 5.74) is 4.33. The van der Waals surface area contributed by atoms with Crippen LogP contribution in [0.2, 0.25) is 0 Å². The molecule has 3 aromatic rings. The lowest BCUT2D eigenvalue weighted by atomic mass is 10.2. The Morgan fingerprint density at radius 3 is 2.60 bits per heavy atom. The highest BCUT2D eigenvalue weighted by molar-refractivity contribution is 9.10. The highest BCUT2D eigenvalue weighted by Crippen LogP contribution is 2.32. The Bertz CT molecular complexity index is 1030. The second-order valence-corrected chi connectivity index (χ2v) is 7.14. The van der Waals surface area contributed by atoms with Crippen molar-refractivity contribution in [3.8, 4) is 0 Å². The largest absolute Gasteiger partial charge is 0.509 e. The van der Waals surface area contributed by atoms with Crippen molar-refractivity contribution in [1.82, 2.24) is 9.55 Å². The van der Waals surface area contributed by atoms with E-state index in [0.29, 0.717) is 11.4 Å². The van der Waals surface area contributed by atoms with Crippen LogP contribution in [0.1, 0.15) is 11.4 Å². The summed E-state index contributed by atoms with van der Waals surface area (Å²) in [5.74, 6) is 1.04. The summed E-state index contributed by atoms with van der Waals surface area (Å²) < 4.78 is 2.91. The van der Waals surface area contributed by atoms with Crippen molar-refractivity contribution in [1.29, 1.82) is 5.41 Å². The number of hydrogen-bond donors (Lipinski definition) is 2. The standard InChI is InChI=1S/C19H17BrN4O/c1-11-3-8-15-14(9-11)22-19(23(15)2)17-16(25)10-24(18(17)21)13-6-4-12(20)5-7-13/h3-9,21,25H,10H2,1-2H3. The smallest absolute Gasteiger partial charge is 0.148 e. The van der Waals surface area contributed by atoms with Crippen LogP contribution in [0.15, 0.2) is 52.7 Å². The fourth-order valence-corrected chi connectivity index (χ4v) is 3.45. The Hall–Kier alpha value is -2.60. The fourth-order valence-electron chi connectivity index (χ4n) is 3.19. The monoisotopic (exact) mass is 396 g/mol. The number of fused-ring (bicyclic) bond motifs is 1. The quantitative estimate of drug-likeness (QED) is 0.673. The van der Waals surface area contributed by atoms with Gasteiger partial charge < -0.3 is 14.6 Å². The zero-order valence-electron chi connectivity index (χ0n) is 13.9. The van der Waals surface area contributed by atoms with Crippen molar-refractivity contribution in [2.45, 2.75) is 6.92 Å². The highest BCUT2D eigenvalue weighted by atomic mass is 79.9. The first-order chi connectivity index (χ1) is 12.0. The Kier molecular flexibility index (Phi) is 3.65. The molecule has 0 radical (unpaired) electrons. The molecular weight excluding hydrogens is 380 g/mol. The fraction of sp³-hybridized carbons (Fsp3) is 0.158. The number of aryl methyl sites for hydroxylation is 2. The van der Waals surface area contributed by atoms with Gasteiger partial charge in [0.05, 0.1) is 23.2 Å². The van der Waals surface area contributed by atoms with E-state index in [1.165, 1.54) is 0 Å². The molecule has 0 unspecified atom stereocenters. The molecule has 25 heavy (non-hydrogen) atoms. The van der Waals surface area contributed by atoms with Gasteiger partial charge in [-0.3, -0.25) is 5.41 Å². The van der Waals surface area contributed by atoms with E-state index >= 15 is 0 Å². The predicted octanol–water partition coefficient (Wildman–Crippen LogP) is 4.41. The molecule has 2 heterocycles. The molecule has 4 rings (SSSR count). The number of halogens is 1. The van der Waals surface area contributed by atoms with Gasteiger partial charge in [-0.1, -0.05) is 22.0 Å². The number of nitrogens with zero attached hydrogens (tertiary/aromatic N) is 3. The number of benzene rings is 2. The third kappa shape index (κ3) is 2.53. The maximum Gasteiger partial charge on any atom is 0.148 e. The van der Waals surface area contributed by atoms with E-state index in [1.807, 2.05) is 61.0 Å². The summed E-state index contributed by atoms with van der Waals surface area (Å²) >= 11 is 3.42. The van der Waals surface area contributed by atoms with E-state index in [4.69, 9.17) is 5.41 Å². The molecule has 0 amide bonds. The summed E-state index contributed by atoms with van der Waals surface area (Å²) in [4.78, 5) is 6.45. The van der Waals surface area contributed by atoms with Crippen molar-refractivity contribution in [3.63, 3.8) is 0 Å². The number of rotatable bonds is 2. The summed E-state index contributed by atoms with van der Waals surface area (Å²) in [6, 6.07) is 13.8. The van der Waals surface area contributed by atoms with E-state index < -0.39 is 0 Å². The molecule has 1 aliphatic heterocycles. The number of aliphatic hydroxyl groups excluding tert-OH is 1. The summed E-state index contributed by atoms with van der Waals surface area (Å²) in [6.07, 6.45) is 0. The first-order valence-electron chi connectivity index (χ1n) is 7.93. The zero-order valence-corrected chi connectivity index (χ0v) is 15.5. The molecule has 2 N–H and O–H groups in total. The maximum absolute atomic E-state index is 10.5. The molecule has 1 aliphatic rings. The van der Waals surface area contributed by atoms with Gasteiger partial charge in [0.25, 0.3) is 0 Å². The number of nitrogens with one attached hydrogen (secondary N) is 1. The Labute approximate surface area is 153 Å². The van der Waals surface area contributed by atoms with E-state index in [-0.39, 0.29) is 18.1 Å². The predicted molar refractivity (Wildman–Crippen MR) is 104 cm³/mol. The Balaban J connectivity index is 1.78. The number of imidazole rings is 1. The van der Waals surface area contributed by atoms with Gasteiger partial charge >= 0.3 is 0 Å². The lowest BCUT2D eigenvalue weighted by Gasteiger charge is -2.18. The maximum atomic E-state index is 10.5. The van der Waals surface area contributed by atoms with Crippen LogP contribution in [0.5, 0.6) is 0 Å². The minimum absolute atomic E-state index is 0.169. The molecule has 2 aromatic carbocycles. The lowest BCUT2D eigenvalue weighted by molar-refractivity contribution is 0.411. The molecule has 5 nitrogen and oxygen atoms in total. The van der Waals surface area contributed by atoms with Gasteiger partial charge in [0.1, 0.15) is 17.4 Å². The molecule has 0 bridgehead atoms. The van der Waals surface area contributed by atoms with Gasteiger partial charge in [0.15, 0.2) is 0 Å². The van der Waals surface area contributed by atoms with Crippen molar-refractivity contribution in [2.24, 2.45) is 7.05 Å². The Morgan fingerprint density at radius 2 is 1.88 bits per heavy atom. The number of aliphatic hydroxyl groups is 1. The van der Waals surface area contributed by atoms with Crippen molar-refractivity contribution >= 4 is 44.1 Å². The van der Waals surface area contributed by atoms with E-state index in [2.05, 4.69) is 20.9 Å². The summed E-state index contributed by atoms with van der Waals surface area (Å²) in [7, 11) is 1.91. The average Bonchev–Trinajstić information content (AvgIpc) is 3.04. The van der Waals surface area contributed by atoms with Gasteiger partial charge in [-0.25, -0.2) is 4.98 Å². The summed E-state index contributed by atoms with van der Waals surface area (Å²) in [6.45, 7) is 2.30. The zero-order chi connectivity index (χ0) is 17.7. The number of aromatic nitrogens is 2. The molecule has 0 saturated heterocycles. The molecular formula is C19H17BrN4O. The van der Waals surface area contributed by atoms with Crippen LogP contribution in [0.4, 0.5) is 5.69 Å². The van der Waals surface area contributed by atoms with E-state index in [1.54, 1.807) is 4.90 Å². The van der Waals surface area contributed by atoms with Gasteiger partial charge in [-0.2, -0.15) is 0 Å². The van der Waals surface area contributed by atoms with Crippen LogP contribution >= 0.6 is 15.9 Å². The molecule has 6 heteroatoms. The molecule has 0 fully saturated rings. The van der Waals surface area contributed by atoms with Gasteiger partial charge in [0, 0.05) is 17.2 Å². The minimum Gasteiger partial charge on any atom is -0.509 e. The van der Waals surface area contributed by atoms with Crippen LogP contribution in [-0.2, 0) is 7.05 Å². The highest BCUT2D eigenvalue weighted by Gasteiger charge is 2.32. The molecule has 0 spiro atoms. The minimum atomic E-state index is 0.169. The molecule has 0 atom stereocenters. The third-order valence-corrected chi connectivity index (χ3v) is 5.03. The number of amidine groups is 1. The van der Waals surface area contributed by atoms with Gasteiger partial charge in [-0.05, 0) is 48.9 Å². The second-order valence-electron chi connectivity index (χ2n) is 6.22. The van der Waals surface area contributed by atoms with Crippen LogP contribution in [0.25, 0.3) is 16.6 Å². The first kappa shape index (κ1) is 15.9. The van der Waals surface area contributed by atoms with Crippen molar-refractivity contribution in [3.05, 3.63) is 64.1 Å². The SMILES string of the molecule is Cc1ccc2c(c1)nc(C1=C(O)CN(c3ccc(Br)cc3)C1=N)n2C. The van der Waals surface area contributed by atoms with Gasteiger partial charge in [-0.15, -0.1) is 0 Å². The molecule has 1 aromatic heterocycles. The van der Waals surface area contributed by atoms with Gasteiger partial charge in [0.2, 0.25) is 0 Å². The van der Waals surface area contributed by atoms with Crippen LogP contribution < -0.4 is 4.90 Å². The Morgan fingerprint density at radius 1 is 1.16 bits per heavy atom. The topological polar surface area (TPSA) is 65.1 Å². The number of hydrogen-bond acceptors (Lipinski definition) is 3. The molecule has 0 aliphatic carbocycles. The van der Waals surface area contributed by atoms with E-state index in [9.17, 15) is 5.11 Å². The molecule has 0 saturated carbocycles.